The topological polar surface area (TPSA) is 197 Å². The van der Waals surface area contributed by atoms with E-state index in [4.69, 9.17) is 47.6 Å². The zero-order valence-electron chi connectivity index (χ0n) is 44.5. The Labute approximate surface area is 404 Å². The number of hydrogen-bond donors (Lipinski definition) is 4. The molecule has 0 aromatic rings. The second kappa shape index (κ2) is 23.9. The number of oxime groups is 1. The van der Waals surface area contributed by atoms with E-state index in [1.54, 1.807) is 34.8 Å². The predicted octanol–water partition coefficient (Wildman–Crippen LogP) is 6.78. The number of aliphatic hydroxyl groups is 4. The van der Waals surface area contributed by atoms with Gasteiger partial charge in [-0.05, 0) is 121 Å². The lowest BCUT2D eigenvalue weighted by Crippen LogP contribution is -2.62. The SMILES string of the molecule is CC[C@H]1OC(=O)[C@H](C)[C@@H](O[C@H]2C[C@@](C)(OC)[C@@H](O[Si](C)(C)C)[C@H](C)O2)[C@H](C)[C@@H](O[C@@H]2O[C@H](C)C[C@H](N(C)C)[C@H]2O)[C@](C)(O)C[C@@H](C)/C(=N/OC(OC(C)C)C2CCCCC2)[C@H](C)[C@@H](O)[C@]1(C)O. The summed E-state index contributed by atoms with van der Waals surface area (Å²) in [7, 11) is 3.36. The largest absolute Gasteiger partial charge is 0.459 e. The summed E-state index contributed by atoms with van der Waals surface area (Å²) in [4.78, 5) is 23.0. The van der Waals surface area contributed by atoms with Crippen molar-refractivity contribution in [2.45, 2.75) is 257 Å². The van der Waals surface area contributed by atoms with Gasteiger partial charge in [-0.3, -0.25) is 4.79 Å². The first-order valence-corrected chi connectivity index (χ1v) is 28.8. The lowest BCUT2D eigenvalue weighted by molar-refractivity contribution is -0.316. The van der Waals surface area contributed by atoms with Crippen LogP contribution < -0.4 is 0 Å². The van der Waals surface area contributed by atoms with Gasteiger partial charge in [0.25, 0.3) is 0 Å². The van der Waals surface area contributed by atoms with Crippen LogP contribution >= 0.6 is 0 Å². The Kier molecular flexibility index (Phi) is 20.8. The van der Waals surface area contributed by atoms with Crippen LogP contribution in [0.5, 0.6) is 0 Å². The van der Waals surface area contributed by atoms with Gasteiger partial charge in [0.1, 0.15) is 17.8 Å². The van der Waals surface area contributed by atoms with E-state index in [1.807, 2.05) is 67.5 Å². The maximum absolute atomic E-state index is 14.7. The van der Waals surface area contributed by atoms with Gasteiger partial charge in [-0.1, -0.05) is 52.1 Å². The molecular weight excluding hydrogens is 881 g/mol. The van der Waals surface area contributed by atoms with Crippen molar-refractivity contribution < 1.29 is 67.6 Å². The minimum Gasteiger partial charge on any atom is -0.459 e. The van der Waals surface area contributed by atoms with Crippen LogP contribution in [0.25, 0.3) is 0 Å². The normalized spacial score (nSPS) is 43.8. The molecule has 4 N–H and O–H groups in total. The summed E-state index contributed by atoms with van der Waals surface area (Å²) in [5, 5.41) is 54.3. The van der Waals surface area contributed by atoms with Gasteiger partial charge in [0, 0.05) is 43.2 Å². The molecule has 0 aromatic carbocycles. The number of rotatable bonds is 14. The lowest BCUT2D eigenvalue weighted by Gasteiger charge is -2.50. The molecule has 4 aliphatic rings. The van der Waals surface area contributed by atoms with Crippen molar-refractivity contribution in [3.8, 4) is 0 Å². The monoisotopic (exact) mass is 975 g/mol. The van der Waals surface area contributed by atoms with Crippen molar-refractivity contribution in [2.24, 2.45) is 34.7 Å². The number of hydrogen-bond acceptors (Lipinski definition) is 16. The van der Waals surface area contributed by atoms with Crippen LogP contribution in [-0.4, -0.2) is 163 Å². The Bertz CT molecular complexity index is 1570. The van der Waals surface area contributed by atoms with Crippen molar-refractivity contribution in [1.82, 2.24) is 4.90 Å². The standard InChI is InChI=1S/C50H94N2O14Si/c1-19-37-50(12,57)42(54)31(6)39(51-65-46(59-28(2)3)35-23-21-20-22-24-35)29(4)26-48(10,56)43(64-47-40(53)36(52(13)14)25-30(5)60-47)32(7)41(33(8)45(55)62-37)63-38-27-49(11,58-15)44(34(9)61-38)66-67(16,17)18/h28-38,40-44,46-47,53-54,56-57H,19-27H2,1-18H3/b51-39-/t29-,30-,31+,32+,33-,34+,36+,37-,38+,40-,41+,42-,43-,44+,46?,47+,48-,49-,50-/m1/s1. The van der Waals surface area contributed by atoms with Gasteiger partial charge in [-0.2, -0.15) is 0 Å². The van der Waals surface area contributed by atoms with E-state index in [0.29, 0.717) is 12.1 Å². The van der Waals surface area contributed by atoms with Gasteiger partial charge in [0.15, 0.2) is 20.9 Å². The van der Waals surface area contributed by atoms with Gasteiger partial charge in [-0.25, -0.2) is 0 Å². The molecule has 4 rings (SSSR count). The number of esters is 1. The fourth-order valence-corrected chi connectivity index (χ4v) is 12.4. The Morgan fingerprint density at radius 2 is 1.52 bits per heavy atom. The summed E-state index contributed by atoms with van der Waals surface area (Å²) < 4.78 is 52.2. The molecule has 0 amide bonds. The molecule has 17 heteroatoms. The molecule has 3 aliphatic heterocycles. The van der Waals surface area contributed by atoms with E-state index in [9.17, 15) is 25.2 Å². The minimum atomic E-state index is -2.07. The van der Waals surface area contributed by atoms with E-state index >= 15 is 0 Å². The number of nitrogens with zero attached hydrogens (tertiary/aromatic N) is 2. The quantitative estimate of drug-likeness (QED) is 0.0615. The summed E-state index contributed by atoms with van der Waals surface area (Å²) in [6, 6.07) is -0.315. The molecule has 1 unspecified atom stereocenters. The van der Waals surface area contributed by atoms with E-state index in [2.05, 4.69) is 19.6 Å². The zero-order valence-corrected chi connectivity index (χ0v) is 45.5. The molecule has 4 fully saturated rings. The molecule has 67 heavy (non-hydrogen) atoms. The minimum absolute atomic E-state index is 0.00911. The Hall–Kier alpha value is -1.32. The fourth-order valence-electron chi connectivity index (χ4n) is 11.2. The van der Waals surface area contributed by atoms with Gasteiger partial charge in [0.2, 0.25) is 6.29 Å². The molecular formula is C50H94N2O14Si. The van der Waals surface area contributed by atoms with Crippen molar-refractivity contribution >= 4 is 20.0 Å². The van der Waals surface area contributed by atoms with Crippen LogP contribution in [0.1, 0.15) is 141 Å². The summed E-state index contributed by atoms with van der Waals surface area (Å²) in [5.41, 5.74) is -4.16. The summed E-state index contributed by atoms with van der Waals surface area (Å²) in [6.45, 7) is 28.2. The average molecular weight is 975 g/mol. The molecule has 3 heterocycles. The van der Waals surface area contributed by atoms with E-state index in [0.717, 1.165) is 32.1 Å². The van der Waals surface area contributed by atoms with E-state index < -0.39 is 116 Å². The van der Waals surface area contributed by atoms with Gasteiger partial charge < -0.3 is 67.7 Å². The fraction of sp³-hybridized carbons (Fsp3) is 0.960. The Morgan fingerprint density at radius 3 is 2.07 bits per heavy atom. The second-order valence-electron chi connectivity index (χ2n) is 22.8. The van der Waals surface area contributed by atoms with Crippen LogP contribution in [0.2, 0.25) is 19.6 Å². The highest BCUT2D eigenvalue weighted by Crippen LogP contribution is 2.42. The molecule has 392 valence electrons. The van der Waals surface area contributed by atoms with Gasteiger partial charge >= 0.3 is 5.97 Å². The highest BCUT2D eigenvalue weighted by molar-refractivity contribution is 6.69. The van der Waals surface area contributed by atoms with Crippen molar-refractivity contribution in [3.63, 3.8) is 0 Å². The third-order valence-electron chi connectivity index (χ3n) is 15.0. The Balaban J connectivity index is 1.89. The van der Waals surface area contributed by atoms with Crippen LogP contribution in [0.4, 0.5) is 0 Å². The molecule has 3 saturated heterocycles. The maximum atomic E-state index is 14.7. The molecule has 0 aromatic heterocycles. The van der Waals surface area contributed by atoms with Crippen molar-refractivity contribution in [1.29, 1.82) is 0 Å². The third kappa shape index (κ3) is 14.7. The summed E-state index contributed by atoms with van der Waals surface area (Å²) >= 11 is 0. The molecule has 1 aliphatic carbocycles. The van der Waals surface area contributed by atoms with E-state index in [-0.39, 0.29) is 43.4 Å². The number of methoxy groups -OCH3 is 1. The lowest BCUT2D eigenvalue weighted by atomic mass is 9.73. The summed E-state index contributed by atoms with van der Waals surface area (Å²) in [5.74, 6) is -3.88. The molecule has 16 nitrogen and oxygen atoms in total. The van der Waals surface area contributed by atoms with Crippen molar-refractivity contribution in [2.75, 3.05) is 21.2 Å². The van der Waals surface area contributed by atoms with Crippen LogP contribution in [0.3, 0.4) is 0 Å². The molecule has 1 saturated carbocycles. The first-order chi connectivity index (χ1) is 31.0. The first-order valence-electron chi connectivity index (χ1n) is 25.4. The number of carbonyl (C=O) groups is 1. The second-order valence-corrected chi connectivity index (χ2v) is 27.3. The van der Waals surface area contributed by atoms with Crippen LogP contribution in [-0.2, 0) is 47.2 Å². The predicted molar refractivity (Wildman–Crippen MR) is 259 cm³/mol. The molecule has 0 spiro atoms. The van der Waals surface area contributed by atoms with Crippen LogP contribution in [0.15, 0.2) is 5.16 Å². The van der Waals surface area contributed by atoms with E-state index in [1.165, 1.54) is 6.92 Å². The number of likely N-dealkylation sites (N-methyl/N-ethyl adjacent to an activating group) is 1. The van der Waals surface area contributed by atoms with Gasteiger partial charge in [0.05, 0.1) is 65.6 Å². The number of aliphatic hydroxyl groups excluding tert-OH is 2. The summed E-state index contributed by atoms with van der Waals surface area (Å²) in [6.07, 6.45) is -3.91. The van der Waals surface area contributed by atoms with Crippen LogP contribution in [0, 0.1) is 29.6 Å². The smallest absolute Gasteiger partial charge is 0.311 e. The molecule has 0 bridgehead atoms. The number of ether oxygens (including phenoxy) is 7. The zero-order chi connectivity index (χ0) is 50.6. The van der Waals surface area contributed by atoms with Gasteiger partial charge in [-0.15, -0.1) is 0 Å². The van der Waals surface area contributed by atoms with Crippen molar-refractivity contribution in [3.05, 3.63) is 0 Å². The first kappa shape index (κ1) is 58.2. The average Bonchev–Trinajstić information content (AvgIpc) is 3.23. The highest BCUT2D eigenvalue weighted by atomic mass is 28.4. The molecule has 0 radical (unpaired) electrons. The maximum Gasteiger partial charge on any atom is 0.311 e. The highest BCUT2D eigenvalue weighted by Gasteiger charge is 2.54. The third-order valence-corrected chi connectivity index (χ3v) is 16.0. The Morgan fingerprint density at radius 1 is 0.896 bits per heavy atom. The molecule has 19 atom stereocenters. The number of carbonyl (C=O) groups excluding carboxylic acids is 1. The number of cyclic esters (lactones) is 1.